The quantitative estimate of drug-likeness (QED) is 0.669. The number of hydrogen-bond donors (Lipinski definition) is 1. The summed E-state index contributed by atoms with van der Waals surface area (Å²) in [7, 11) is 0. The first-order chi connectivity index (χ1) is 15.1. The van der Waals surface area contributed by atoms with E-state index in [0.29, 0.717) is 42.2 Å². The SMILES string of the molecule is CSCC[C@H](C(=O)Nc1ccccc1N1CCOCC1)N1C(=O)c2ccccc2C1=O. The zero-order valence-electron chi connectivity index (χ0n) is 17.4. The molecule has 7 nitrogen and oxygen atoms in total. The average Bonchev–Trinajstić information content (AvgIpc) is 3.06. The van der Waals surface area contributed by atoms with E-state index in [2.05, 4.69) is 10.2 Å². The standard InChI is InChI=1S/C23H25N3O4S/c1-31-15-10-20(26-22(28)16-6-2-3-7-17(16)23(26)29)21(27)24-18-8-4-5-9-19(18)25-11-13-30-14-12-25/h2-9,20H,10-15H2,1H3,(H,24,27)/t20-/m1/s1. The normalized spacial score (nSPS) is 16.9. The fourth-order valence-electron chi connectivity index (χ4n) is 3.97. The highest BCUT2D eigenvalue weighted by Crippen LogP contribution is 2.29. The molecule has 0 saturated carbocycles. The summed E-state index contributed by atoms with van der Waals surface area (Å²) in [5, 5.41) is 2.98. The van der Waals surface area contributed by atoms with Crippen LogP contribution >= 0.6 is 11.8 Å². The summed E-state index contributed by atoms with van der Waals surface area (Å²) in [5.41, 5.74) is 2.27. The van der Waals surface area contributed by atoms with Crippen molar-refractivity contribution < 1.29 is 19.1 Å². The molecule has 0 radical (unpaired) electrons. The van der Waals surface area contributed by atoms with Crippen LogP contribution in [0.3, 0.4) is 0 Å². The third kappa shape index (κ3) is 4.31. The van der Waals surface area contributed by atoms with Crippen molar-refractivity contribution in [1.82, 2.24) is 4.90 Å². The third-order valence-electron chi connectivity index (χ3n) is 5.55. The van der Waals surface area contributed by atoms with E-state index in [1.54, 1.807) is 36.0 Å². The minimum atomic E-state index is -0.877. The van der Waals surface area contributed by atoms with Crippen molar-refractivity contribution >= 4 is 40.9 Å². The minimum absolute atomic E-state index is 0.350. The van der Waals surface area contributed by atoms with Gasteiger partial charge in [-0.05, 0) is 42.7 Å². The van der Waals surface area contributed by atoms with Crippen molar-refractivity contribution in [3.63, 3.8) is 0 Å². The first-order valence-electron chi connectivity index (χ1n) is 10.3. The minimum Gasteiger partial charge on any atom is -0.378 e. The van der Waals surface area contributed by atoms with Crippen molar-refractivity contribution in [1.29, 1.82) is 0 Å². The lowest BCUT2D eigenvalue weighted by Crippen LogP contribution is -2.47. The average molecular weight is 440 g/mol. The van der Waals surface area contributed by atoms with Crippen LogP contribution in [0.4, 0.5) is 11.4 Å². The summed E-state index contributed by atoms with van der Waals surface area (Å²) in [6, 6.07) is 13.4. The van der Waals surface area contributed by atoms with Gasteiger partial charge in [0.1, 0.15) is 6.04 Å². The number of benzene rings is 2. The smallest absolute Gasteiger partial charge is 0.262 e. The maximum atomic E-state index is 13.4. The van der Waals surface area contributed by atoms with Crippen LogP contribution in [-0.2, 0) is 9.53 Å². The monoisotopic (exact) mass is 439 g/mol. The van der Waals surface area contributed by atoms with Gasteiger partial charge in [-0.3, -0.25) is 19.3 Å². The molecule has 0 unspecified atom stereocenters. The van der Waals surface area contributed by atoms with Gasteiger partial charge in [-0.15, -0.1) is 0 Å². The molecule has 1 atom stereocenters. The number of amides is 3. The van der Waals surface area contributed by atoms with Crippen LogP contribution in [0.2, 0.25) is 0 Å². The molecule has 1 N–H and O–H groups in total. The van der Waals surface area contributed by atoms with Crippen LogP contribution in [0.25, 0.3) is 0 Å². The maximum absolute atomic E-state index is 13.4. The Kier molecular flexibility index (Phi) is 6.58. The molecule has 1 fully saturated rings. The first-order valence-corrected chi connectivity index (χ1v) is 11.7. The number of carbonyl (C=O) groups is 3. The molecule has 31 heavy (non-hydrogen) atoms. The van der Waals surface area contributed by atoms with Crippen molar-refractivity contribution in [3.8, 4) is 0 Å². The Labute approximate surface area is 185 Å². The largest absolute Gasteiger partial charge is 0.378 e. The van der Waals surface area contributed by atoms with Gasteiger partial charge in [0.15, 0.2) is 0 Å². The van der Waals surface area contributed by atoms with Gasteiger partial charge in [-0.25, -0.2) is 0 Å². The van der Waals surface area contributed by atoms with Gasteiger partial charge in [-0.2, -0.15) is 11.8 Å². The second-order valence-electron chi connectivity index (χ2n) is 7.43. The summed E-state index contributed by atoms with van der Waals surface area (Å²) in [6.07, 6.45) is 2.32. The van der Waals surface area contributed by atoms with E-state index in [-0.39, 0.29) is 5.91 Å². The first kappa shape index (κ1) is 21.4. The Bertz CT molecular complexity index is 955. The molecule has 162 valence electrons. The number of nitrogens with one attached hydrogen (secondary N) is 1. The second-order valence-corrected chi connectivity index (χ2v) is 8.41. The summed E-state index contributed by atoms with van der Waals surface area (Å²) in [4.78, 5) is 42.6. The van der Waals surface area contributed by atoms with Gasteiger partial charge in [0.2, 0.25) is 5.91 Å². The number of rotatable bonds is 7. The van der Waals surface area contributed by atoms with E-state index < -0.39 is 17.9 Å². The number of ether oxygens (including phenoxy) is 1. The van der Waals surface area contributed by atoms with Crippen molar-refractivity contribution in [2.75, 3.05) is 48.5 Å². The molecular formula is C23H25N3O4S. The molecule has 2 aliphatic heterocycles. The van der Waals surface area contributed by atoms with Gasteiger partial charge < -0.3 is 15.0 Å². The molecule has 0 aliphatic carbocycles. The Morgan fingerprint density at radius 3 is 2.29 bits per heavy atom. The summed E-state index contributed by atoms with van der Waals surface area (Å²) >= 11 is 1.57. The predicted octanol–water partition coefficient (Wildman–Crippen LogP) is 2.88. The van der Waals surface area contributed by atoms with Crippen LogP contribution < -0.4 is 10.2 Å². The topological polar surface area (TPSA) is 79.0 Å². The molecule has 1 saturated heterocycles. The fourth-order valence-corrected chi connectivity index (χ4v) is 4.43. The van der Waals surface area contributed by atoms with Crippen LogP contribution in [0.1, 0.15) is 27.1 Å². The van der Waals surface area contributed by atoms with E-state index in [1.165, 1.54) is 0 Å². The predicted molar refractivity (Wildman–Crippen MR) is 122 cm³/mol. The van der Waals surface area contributed by atoms with Crippen LogP contribution in [-0.4, -0.2) is 67.0 Å². The number of nitrogens with zero attached hydrogens (tertiary/aromatic N) is 2. The fraction of sp³-hybridized carbons (Fsp3) is 0.348. The number of hydrogen-bond acceptors (Lipinski definition) is 6. The summed E-state index contributed by atoms with van der Waals surface area (Å²) < 4.78 is 5.43. The lowest BCUT2D eigenvalue weighted by molar-refractivity contribution is -0.120. The van der Waals surface area contributed by atoms with Crippen LogP contribution in [0.15, 0.2) is 48.5 Å². The number of para-hydroxylation sites is 2. The molecule has 0 spiro atoms. The molecule has 2 aliphatic rings. The lowest BCUT2D eigenvalue weighted by Gasteiger charge is -2.31. The van der Waals surface area contributed by atoms with E-state index >= 15 is 0 Å². The molecule has 0 bridgehead atoms. The molecule has 2 heterocycles. The zero-order valence-corrected chi connectivity index (χ0v) is 18.2. The highest BCUT2D eigenvalue weighted by atomic mass is 32.2. The Morgan fingerprint density at radius 1 is 1.03 bits per heavy atom. The van der Waals surface area contributed by atoms with E-state index in [9.17, 15) is 14.4 Å². The number of morpholine rings is 1. The zero-order chi connectivity index (χ0) is 21.8. The Hall–Kier alpha value is -2.84. The van der Waals surface area contributed by atoms with Gasteiger partial charge in [0, 0.05) is 13.1 Å². The van der Waals surface area contributed by atoms with Crippen molar-refractivity contribution in [3.05, 3.63) is 59.7 Å². The van der Waals surface area contributed by atoms with E-state index in [4.69, 9.17) is 4.74 Å². The van der Waals surface area contributed by atoms with Crippen LogP contribution in [0, 0.1) is 0 Å². The molecule has 8 heteroatoms. The molecule has 4 rings (SSSR count). The summed E-state index contributed by atoms with van der Waals surface area (Å²) in [6.45, 7) is 2.74. The Balaban J connectivity index is 1.59. The lowest BCUT2D eigenvalue weighted by atomic mass is 10.1. The highest BCUT2D eigenvalue weighted by molar-refractivity contribution is 7.98. The summed E-state index contributed by atoms with van der Waals surface area (Å²) in [5.74, 6) is -0.535. The van der Waals surface area contributed by atoms with E-state index in [1.807, 2.05) is 30.5 Å². The third-order valence-corrected chi connectivity index (χ3v) is 6.19. The number of carbonyl (C=O) groups excluding carboxylic acids is 3. The molecule has 3 amide bonds. The van der Waals surface area contributed by atoms with Gasteiger partial charge in [-0.1, -0.05) is 24.3 Å². The molecular weight excluding hydrogens is 414 g/mol. The van der Waals surface area contributed by atoms with Gasteiger partial charge >= 0.3 is 0 Å². The maximum Gasteiger partial charge on any atom is 0.262 e. The number of anilines is 2. The van der Waals surface area contributed by atoms with Gasteiger partial charge in [0.05, 0.1) is 35.7 Å². The van der Waals surface area contributed by atoms with Crippen molar-refractivity contribution in [2.24, 2.45) is 0 Å². The van der Waals surface area contributed by atoms with Gasteiger partial charge in [0.25, 0.3) is 11.8 Å². The highest BCUT2D eigenvalue weighted by Gasteiger charge is 2.42. The Morgan fingerprint density at radius 2 is 1.65 bits per heavy atom. The van der Waals surface area contributed by atoms with Crippen molar-refractivity contribution in [2.45, 2.75) is 12.5 Å². The molecule has 2 aromatic carbocycles. The van der Waals surface area contributed by atoms with Crippen LogP contribution in [0.5, 0.6) is 0 Å². The number of imide groups is 1. The number of thioether (sulfide) groups is 1. The molecule has 0 aromatic heterocycles. The number of fused-ring (bicyclic) bond motifs is 1. The molecule has 2 aromatic rings. The van der Waals surface area contributed by atoms with E-state index in [0.717, 1.165) is 23.7 Å². The second kappa shape index (κ2) is 9.53.